The Hall–Kier alpha value is -4.45. The van der Waals surface area contributed by atoms with E-state index in [0.29, 0.717) is 22.5 Å². The summed E-state index contributed by atoms with van der Waals surface area (Å²) in [5.41, 5.74) is 0.416. The highest BCUT2D eigenvalue weighted by Crippen LogP contribution is 2.48. The van der Waals surface area contributed by atoms with E-state index in [0.717, 1.165) is 6.07 Å². The highest BCUT2D eigenvalue weighted by Gasteiger charge is 2.34. The van der Waals surface area contributed by atoms with Gasteiger partial charge in [0.2, 0.25) is 5.82 Å². The van der Waals surface area contributed by atoms with Crippen LogP contribution >= 0.6 is 0 Å². The van der Waals surface area contributed by atoms with Crippen molar-refractivity contribution < 1.29 is 32.9 Å². The number of fused-ring (bicyclic) bond motifs is 1. The van der Waals surface area contributed by atoms with E-state index in [4.69, 9.17) is 4.74 Å². The minimum atomic E-state index is -1.46. The monoisotopic (exact) mass is 494 g/mol. The lowest BCUT2D eigenvalue weighted by Crippen LogP contribution is -2.22. The maximum atomic E-state index is 14.6. The van der Waals surface area contributed by atoms with Crippen LogP contribution < -0.4 is 4.74 Å². The molecule has 0 saturated carbocycles. The molecule has 0 aliphatic carbocycles. The van der Waals surface area contributed by atoms with Gasteiger partial charge in [-0.15, -0.1) is 0 Å². The summed E-state index contributed by atoms with van der Waals surface area (Å²) >= 11 is 0. The Morgan fingerprint density at radius 1 is 1.08 bits per heavy atom. The van der Waals surface area contributed by atoms with Gasteiger partial charge in [-0.3, -0.25) is 0 Å². The van der Waals surface area contributed by atoms with Crippen molar-refractivity contribution in [2.75, 3.05) is 7.11 Å². The van der Waals surface area contributed by atoms with Crippen LogP contribution in [0.1, 0.15) is 36.3 Å². The van der Waals surface area contributed by atoms with Crippen molar-refractivity contribution in [3.8, 4) is 34.4 Å². The number of phenolic OH excluding ortho intramolecular Hbond substituents is 1. The number of hydrogen-bond acceptors (Lipinski definition) is 4. The van der Waals surface area contributed by atoms with Crippen LogP contribution in [-0.2, 0) is 5.41 Å². The summed E-state index contributed by atoms with van der Waals surface area (Å²) in [6.45, 7) is 3.50. The number of benzene rings is 3. The van der Waals surface area contributed by atoms with Gasteiger partial charge in [0.15, 0.2) is 23.1 Å². The fourth-order valence-corrected chi connectivity index (χ4v) is 4.41. The van der Waals surface area contributed by atoms with E-state index in [2.05, 4.69) is 6.07 Å². The predicted octanol–water partition coefficient (Wildman–Crippen LogP) is 6.32. The third-order valence-corrected chi connectivity index (χ3v) is 6.10. The van der Waals surface area contributed by atoms with Crippen molar-refractivity contribution >= 4 is 16.9 Å². The van der Waals surface area contributed by atoms with Crippen LogP contribution in [0.4, 0.5) is 13.2 Å². The minimum Gasteiger partial charge on any atom is -0.503 e. The second kappa shape index (κ2) is 8.96. The number of halogens is 3. The van der Waals surface area contributed by atoms with Crippen LogP contribution in [0.2, 0.25) is 0 Å². The summed E-state index contributed by atoms with van der Waals surface area (Å²) in [6, 6.07) is 12.6. The smallest absolute Gasteiger partial charge is 0.335 e. The Balaban J connectivity index is 2.24. The molecule has 0 fully saturated rings. The van der Waals surface area contributed by atoms with Crippen LogP contribution in [0, 0.1) is 28.8 Å². The molecular formula is C27H21F3N2O4. The number of aromatic carboxylic acids is 1. The second-order valence-corrected chi connectivity index (χ2v) is 8.90. The van der Waals surface area contributed by atoms with Crippen molar-refractivity contribution in [1.29, 1.82) is 5.26 Å². The Kier molecular flexibility index (Phi) is 6.14. The van der Waals surface area contributed by atoms with E-state index in [1.807, 2.05) is 0 Å². The van der Waals surface area contributed by atoms with E-state index >= 15 is 0 Å². The van der Waals surface area contributed by atoms with E-state index in [1.165, 1.54) is 54.1 Å². The van der Waals surface area contributed by atoms with Gasteiger partial charge in [-0.2, -0.15) is 9.65 Å². The van der Waals surface area contributed by atoms with Crippen LogP contribution in [0.3, 0.4) is 0 Å². The number of ether oxygens (including phenoxy) is 1. The number of rotatable bonds is 6. The van der Waals surface area contributed by atoms with Crippen LogP contribution in [-0.4, -0.2) is 27.9 Å². The normalized spacial score (nSPS) is 11.5. The first-order chi connectivity index (χ1) is 17.0. The highest BCUT2D eigenvalue weighted by atomic mass is 19.2. The number of carboxylic acid groups (broad SMARTS) is 1. The van der Waals surface area contributed by atoms with E-state index in [-0.39, 0.29) is 28.6 Å². The fraction of sp³-hybridized carbons (Fsp3) is 0.185. The molecule has 0 aliphatic heterocycles. The first kappa shape index (κ1) is 24.7. The zero-order valence-electron chi connectivity index (χ0n) is 19.6. The molecule has 184 valence electrons. The summed E-state index contributed by atoms with van der Waals surface area (Å²) < 4.78 is 50.1. The number of nitrogens with zero attached hydrogens (tertiary/aromatic N) is 2. The average Bonchev–Trinajstić information content (AvgIpc) is 3.19. The van der Waals surface area contributed by atoms with Gasteiger partial charge in [0.25, 0.3) is 0 Å². The predicted molar refractivity (Wildman–Crippen MR) is 127 cm³/mol. The number of phenols is 1. The third kappa shape index (κ3) is 3.90. The SMILES string of the molecule is COc1cc(-c2c(C(C)(C)CC#N)n(-c3ccc(C(=O)O)cc3)c3c(O)c(F)c(F)cc23)ccc1F. The molecule has 2 N–H and O–H groups in total. The number of aromatic nitrogens is 1. The third-order valence-electron chi connectivity index (χ3n) is 6.10. The quantitative estimate of drug-likeness (QED) is 0.327. The molecule has 36 heavy (non-hydrogen) atoms. The van der Waals surface area contributed by atoms with Crippen LogP contribution in [0.5, 0.6) is 11.5 Å². The maximum absolute atomic E-state index is 14.6. The summed E-state index contributed by atoms with van der Waals surface area (Å²) in [4.78, 5) is 11.4. The van der Waals surface area contributed by atoms with Gasteiger partial charge in [0, 0.05) is 34.2 Å². The molecule has 0 aliphatic rings. The molecule has 0 unspecified atom stereocenters. The summed E-state index contributed by atoms with van der Waals surface area (Å²) in [6.07, 6.45) is -0.0203. The number of hydrogen-bond donors (Lipinski definition) is 2. The largest absolute Gasteiger partial charge is 0.503 e. The summed E-state index contributed by atoms with van der Waals surface area (Å²) in [7, 11) is 1.29. The molecule has 4 rings (SSSR count). The Bertz CT molecular complexity index is 1550. The lowest BCUT2D eigenvalue weighted by molar-refractivity contribution is 0.0697. The molecule has 1 aromatic heterocycles. The van der Waals surface area contributed by atoms with Gasteiger partial charge >= 0.3 is 5.97 Å². The number of aromatic hydroxyl groups is 1. The summed E-state index contributed by atoms with van der Waals surface area (Å²) in [5.74, 6) is -5.59. The molecule has 9 heteroatoms. The number of methoxy groups -OCH3 is 1. The number of carbonyl (C=O) groups is 1. The fourth-order valence-electron chi connectivity index (χ4n) is 4.41. The van der Waals surface area contributed by atoms with Crippen molar-refractivity contribution in [1.82, 2.24) is 4.57 Å². The molecule has 0 spiro atoms. The highest BCUT2D eigenvalue weighted by molar-refractivity contribution is 6.03. The van der Waals surface area contributed by atoms with Gasteiger partial charge in [0.1, 0.15) is 0 Å². The Morgan fingerprint density at radius 2 is 1.75 bits per heavy atom. The topological polar surface area (TPSA) is 95.5 Å². The van der Waals surface area contributed by atoms with Gasteiger partial charge in [-0.1, -0.05) is 19.9 Å². The van der Waals surface area contributed by atoms with Crippen molar-refractivity contribution in [2.45, 2.75) is 25.7 Å². The Labute approximate surface area is 204 Å². The van der Waals surface area contributed by atoms with Crippen LogP contribution in [0.25, 0.3) is 27.7 Å². The van der Waals surface area contributed by atoms with E-state index in [9.17, 15) is 33.4 Å². The van der Waals surface area contributed by atoms with Crippen molar-refractivity contribution in [3.63, 3.8) is 0 Å². The lowest BCUT2D eigenvalue weighted by Gasteiger charge is -2.27. The molecule has 6 nitrogen and oxygen atoms in total. The average molecular weight is 494 g/mol. The van der Waals surface area contributed by atoms with E-state index < -0.39 is 34.6 Å². The zero-order valence-corrected chi connectivity index (χ0v) is 19.6. The number of carboxylic acids is 1. The van der Waals surface area contributed by atoms with Gasteiger partial charge in [0.05, 0.1) is 24.3 Å². The number of nitriles is 1. The molecule has 0 atom stereocenters. The van der Waals surface area contributed by atoms with Crippen LogP contribution in [0.15, 0.2) is 48.5 Å². The maximum Gasteiger partial charge on any atom is 0.335 e. The van der Waals surface area contributed by atoms with Crippen molar-refractivity contribution in [2.24, 2.45) is 0 Å². The molecule has 0 amide bonds. The Morgan fingerprint density at radius 3 is 2.33 bits per heavy atom. The molecule has 0 radical (unpaired) electrons. The standard InChI is InChI=1S/C27H21F3N2O4/c1-27(2,10-11-31)25-21(15-6-9-18(28)20(12-15)36-3)17-13-19(29)22(30)24(33)23(17)32(25)16-7-4-14(5-8-16)26(34)35/h4-9,12-13,33H,10H2,1-3H3,(H,34,35). The van der Waals surface area contributed by atoms with Gasteiger partial charge < -0.3 is 19.5 Å². The molecule has 1 heterocycles. The first-order valence-corrected chi connectivity index (χ1v) is 10.8. The van der Waals surface area contributed by atoms with Gasteiger partial charge in [-0.05, 0) is 48.0 Å². The lowest BCUT2D eigenvalue weighted by atomic mass is 9.81. The zero-order chi connectivity index (χ0) is 26.4. The molecule has 4 aromatic rings. The molecule has 0 bridgehead atoms. The first-order valence-electron chi connectivity index (χ1n) is 10.8. The van der Waals surface area contributed by atoms with Gasteiger partial charge in [-0.25, -0.2) is 13.6 Å². The minimum absolute atomic E-state index is 0.00186. The molecule has 3 aromatic carbocycles. The van der Waals surface area contributed by atoms with E-state index in [1.54, 1.807) is 13.8 Å². The molecule has 0 saturated heterocycles. The van der Waals surface area contributed by atoms with Crippen molar-refractivity contribution in [3.05, 3.63) is 77.2 Å². The molecular weight excluding hydrogens is 473 g/mol. The second-order valence-electron chi connectivity index (χ2n) is 8.90. The summed E-state index contributed by atoms with van der Waals surface area (Å²) in [5, 5.41) is 29.7.